The first kappa shape index (κ1) is 11.1. The van der Waals surface area contributed by atoms with Crippen LogP contribution in [0.1, 0.15) is 36.9 Å². The highest BCUT2D eigenvalue weighted by atomic mass is 14.9. The van der Waals surface area contributed by atoms with Crippen LogP contribution in [0.3, 0.4) is 0 Å². The maximum atomic E-state index is 8.87. The largest absolute Gasteiger partial charge is 0.313 e. The lowest BCUT2D eigenvalue weighted by atomic mass is 9.83. The van der Waals surface area contributed by atoms with Gasteiger partial charge in [-0.1, -0.05) is 25.3 Å². The summed E-state index contributed by atoms with van der Waals surface area (Å²) in [6.45, 7) is 1.80. The van der Waals surface area contributed by atoms with E-state index in [0.29, 0.717) is 5.69 Å². The first-order valence-electron chi connectivity index (χ1n) is 5.95. The third-order valence-electron chi connectivity index (χ3n) is 3.27. The van der Waals surface area contributed by atoms with Crippen LogP contribution in [0.25, 0.3) is 0 Å². The lowest BCUT2D eigenvalue weighted by Gasteiger charge is -2.25. The summed E-state index contributed by atoms with van der Waals surface area (Å²) >= 11 is 0. The molecule has 1 aromatic heterocycles. The molecule has 0 aliphatic heterocycles. The van der Waals surface area contributed by atoms with Gasteiger partial charge in [0.05, 0.1) is 0 Å². The van der Waals surface area contributed by atoms with E-state index in [0.717, 1.165) is 24.6 Å². The van der Waals surface area contributed by atoms with Crippen molar-refractivity contribution in [1.29, 1.82) is 5.26 Å². The summed E-state index contributed by atoms with van der Waals surface area (Å²) in [5.74, 6) is 0.942. The van der Waals surface area contributed by atoms with Crippen LogP contribution in [0.15, 0.2) is 18.3 Å². The van der Waals surface area contributed by atoms with Gasteiger partial charge in [-0.3, -0.25) is 0 Å². The Kier molecular flexibility index (Phi) is 3.90. The molecule has 0 saturated heterocycles. The van der Waals surface area contributed by atoms with Crippen molar-refractivity contribution in [3.8, 4) is 6.07 Å². The molecule has 0 atom stereocenters. The summed E-state index contributed by atoms with van der Waals surface area (Å²) < 4.78 is 0. The molecule has 0 bridgehead atoms. The lowest BCUT2D eigenvalue weighted by molar-refractivity contribution is 0.292. The fraction of sp³-hybridized carbons (Fsp3) is 0.538. The Labute approximate surface area is 96.5 Å². The van der Waals surface area contributed by atoms with E-state index in [1.807, 2.05) is 12.1 Å². The molecule has 0 radical (unpaired) electrons. The highest BCUT2D eigenvalue weighted by molar-refractivity contribution is 5.30. The summed E-state index contributed by atoms with van der Waals surface area (Å²) in [5, 5.41) is 12.3. The van der Waals surface area contributed by atoms with Crippen molar-refractivity contribution in [2.45, 2.75) is 32.2 Å². The minimum absolute atomic E-state index is 0.540. The average molecular weight is 215 g/mol. The Hall–Kier alpha value is -1.40. The predicted molar refractivity (Wildman–Crippen MR) is 62.6 cm³/mol. The van der Waals surface area contributed by atoms with Crippen LogP contribution in [0.2, 0.25) is 0 Å². The summed E-state index contributed by atoms with van der Waals surface area (Å²) in [7, 11) is 0. The van der Waals surface area contributed by atoms with Crippen molar-refractivity contribution in [3.63, 3.8) is 0 Å². The first-order valence-corrected chi connectivity index (χ1v) is 5.95. The summed E-state index contributed by atoms with van der Waals surface area (Å²) in [6.07, 6.45) is 7.14. The maximum Gasteiger partial charge on any atom is 0.144 e. The van der Waals surface area contributed by atoms with Gasteiger partial charge in [-0.2, -0.15) is 5.26 Å². The molecule has 16 heavy (non-hydrogen) atoms. The number of rotatable bonds is 5. The van der Waals surface area contributed by atoms with Crippen molar-refractivity contribution in [2.24, 2.45) is 5.92 Å². The Morgan fingerprint density at radius 1 is 1.50 bits per heavy atom. The van der Waals surface area contributed by atoms with Crippen molar-refractivity contribution >= 4 is 0 Å². The SMILES string of the molecule is N#Cc1ncccc1CNCCC1CCC1. The smallest absolute Gasteiger partial charge is 0.144 e. The van der Waals surface area contributed by atoms with Crippen LogP contribution in [0.5, 0.6) is 0 Å². The van der Waals surface area contributed by atoms with Crippen LogP contribution >= 0.6 is 0 Å². The van der Waals surface area contributed by atoms with E-state index in [1.54, 1.807) is 6.20 Å². The minimum Gasteiger partial charge on any atom is -0.313 e. The molecule has 1 heterocycles. The lowest BCUT2D eigenvalue weighted by Crippen LogP contribution is -2.21. The highest BCUT2D eigenvalue weighted by Crippen LogP contribution is 2.28. The minimum atomic E-state index is 0.540. The van der Waals surface area contributed by atoms with Gasteiger partial charge >= 0.3 is 0 Å². The zero-order valence-corrected chi connectivity index (χ0v) is 9.45. The topological polar surface area (TPSA) is 48.7 Å². The van der Waals surface area contributed by atoms with Crippen LogP contribution in [0.4, 0.5) is 0 Å². The van der Waals surface area contributed by atoms with E-state index in [-0.39, 0.29) is 0 Å². The number of nitrogens with zero attached hydrogens (tertiary/aromatic N) is 2. The quantitative estimate of drug-likeness (QED) is 0.766. The molecule has 84 valence electrons. The second kappa shape index (κ2) is 5.62. The molecule has 1 N–H and O–H groups in total. The molecular weight excluding hydrogens is 198 g/mol. The first-order chi connectivity index (χ1) is 7.90. The Bertz CT molecular complexity index is 377. The molecule has 2 rings (SSSR count). The summed E-state index contributed by atoms with van der Waals surface area (Å²) in [5.41, 5.74) is 1.54. The van der Waals surface area contributed by atoms with Gasteiger partial charge in [0, 0.05) is 18.3 Å². The van der Waals surface area contributed by atoms with Crippen molar-refractivity contribution in [1.82, 2.24) is 10.3 Å². The fourth-order valence-corrected chi connectivity index (χ4v) is 1.99. The zero-order chi connectivity index (χ0) is 11.2. The van der Waals surface area contributed by atoms with Crippen molar-refractivity contribution < 1.29 is 0 Å². The highest BCUT2D eigenvalue weighted by Gasteiger charge is 2.16. The number of pyridine rings is 1. The Morgan fingerprint density at radius 2 is 2.38 bits per heavy atom. The van der Waals surface area contributed by atoms with Crippen molar-refractivity contribution in [3.05, 3.63) is 29.6 Å². The van der Waals surface area contributed by atoms with Crippen LogP contribution < -0.4 is 5.32 Å². The van der Waals surface area contributed by atoms with Crippen LogP contribution in [0, 0.1) is 17.2 Å². The molecule has 0 unspecified atom stereocenters. The summed E-state index contributed by atoms with van der Waals surface area (Å²) in [4.78, 5) is 4.04. The number of nitriles is 1. The molecule has 1 aliphatic carbocycles. The van der Waals surface area contributed by atoms with Crippen molar-refractivity contribution in [2.75, 3.05) is 6.54 Å². The second-order valence-corrected chi connectivity index (χ2v) is 4.39. The third-order valence-corrected chi connectivity index (χ3v) is 3.27. The van der Waals surface area contributed by atoms with E-state index >= 15 is 0 Å². The van der Waals surface area contributed by atoms with E-state index < -0.39 is 0 Å². The van der Waals surface area contributed by atoms with Crippen LogP contribution in [-0.4, -0.2) is 11.5 Å². The Morgan fingerprint density at radius 3 is 3.06 bits per heavy atom. The van der Waals surface area contributed by atoms with E-state index in [1.165, 1.54) is 25.7 Å². The number of hydrogen-bond donors (Lipinski definition) is 1. The molecule has 0 aromatic carbocycles. The normalized spacial score (nSPS) is 15.4. The number of hydrogen-bond acceptors (Lipinski definition) is 3. The maximum absolute atomic E-state index is 8.87. The molecule has 1 aromatic rings. The average Bonchev–Trinajstić information content (AvgIpc) is 2.27. The molecular formula is C13H17N3. The van der Waals surface area contributed by atoms with Gasteiger partial charge in [0.2, 0.25) is 0 Å². The molecule has 1 fully saturated rings. The molecule has 0 spiro atoms. The zero-order valence-electron chi connectivity index (χ0n) is 9.45. The Balaban J connectivity index is 1.74. The molecule has 1 saturated carbocycles. The monoisotopic (exact) mass is 215 g/mol. The van der Waals surface area contributed by atoms with Gasteiger partial charge < -0.3 is 5.32 Å². The predicted octanol–water partition coefficient (Wildman–Crippen LogP) is 2.23. The summed E-state index contributed by atoms with van der Waals surface area (Å²) in [6, 6.07) is 5.96. The number of nitrogens with one attached hydrogen (secondary N) is 1. The molecule has 3 nitrogen and oxygen atoms in total. The second-order valence-electron chi connectivity index (χ2n) is 4.39. The van der Waals surface area contributed by atoms with Gasteiger partial charge in [0.15, 0.2) is 0 Å². The fourth-order valence-electron chi connectivity index (χ4n) is 1.99. The van der Waals surface area contributed by atoms with Gasteiger partial charge in [-0.25, -0.2) is 4.98 Å². The molecule has 3 heteroatoms. The van der Waals surface area contributed by atoms with E-state index in [2.05, 4.69) is 16.4 Å². The van der Waals surface area contributed by atoms with Gasteiger partial charge in [-0.05, 0) is 24.9 Å². The third kappa shape index (κ3) is 2.80. The molecule has 1 aliphatic rings. The van der Waals surface area contributed by atoms with Gasteiger partial charge in [0.25, 0.3) is 0 Å². The molecule has 0 amide bonds. The van der Waals surface area contributed by atoms with E-state index in [9.17, 15) is 0 Å². The number of aromatic nitrogens is 1. The van der Waals surface area contributed by atoms with Gasteiger partial charge in [0.1, 0.15) is 11.8 Å². The van der Waals surface area contributed by atoms with Gasteiger partial charge in [-0.15, -0.1) is 0 Å². The van der Waals surface area contributed by atoms with E-state index in [4.69, 9.17) is 5.26 Å². The van der Waals surface area contributed by atoms with Crippen LogP contribution in [-0.2, 0) is 6.54 Å². The standard InChI is InChI=1S/C13H17N3/c14-9-13-12(5-2-7-16-13)10-15-8-6-11-3-1-4-11/h2,5,7,11,15H,1,3-4,6,8,10H2.